The van der Waals surface area contributed by atoms with Crippen molar-refractivity contribution in [1.29, 1.82) is 0 Å². The van der Waals surface area contributed by atoms with Gasteiger partial charge < -0.3 is 15.1 Å². The molecule has 1 atom stereocenters. The first-order valence-electron chi connectivity index (χ1n) is 6.02. The third kappa shape index (κ3) is 3.03. The van der Waals surface area contributed by atoms with Gasteiger partial charge in [-0.3, -0.25) is 9.48 Å². The Kier molecular flexibility index (Phi) is 3.71. The normalized spacial score (nSPS) is 12.4. The van der Waals surface area contributed by atoms with E-state index in [0.29, 0.717) is 12.1 Å². The van der Waals surface area contributed by atoms with E-state index in [2.05, 4.69) is 5.10 Å². The van der Waals surface area contributed by atoms with Crippen LogP contribution in [0.1, 0.15) is 23.1 Å². The lowest BCUT2D eigenvalue weighted by Gasteiger charge is -2.19. The Balaban J connectivity index is 2.02. The van der Waals surface area contributed by atoms with Gasteiger partial charge in [0.15, 0.2) is 0 Å². The number of nitrogens with two attached hydrogens (primary N) is 1. The van der Waals surface area contributed by atoms with Gasteiger partial charge in [0.2, 0.25) is 5.91 Å². The van der Waals surface area contributed by atoms with Crippen molar-refractivity contribution in [1.82, 2.24) is 14.7 Å². The minimum atomic E-state index is -0.699. The average molecular weight is 262 g/mol. The average Bonchev–Trinajstić information content (AvgIpc) is 2.96. The zero-order valence-corrected chi connectivity index (χ0v) is 11.3. The molecule has 0 saturated heterocycles. The van der Waals surface area contributed by atoms with Gasteiger partial charge in [-0.15, -0.1) is 0 Å². The topological polar surface area (TPSA) is 77.3 Å². The van der Waals surface area contributed by atoms with Crippen LogP contribution in [0.5, 0.6) is 0 Å². The monoisotopic (exact) mass is 262 g/mol. The van der Waals surface area contributed by atoms with Gasteiger partial charge in [0.25, 0.3) is 0 Å². The fourth-order valence-electron chi connectivity index (χ4n) is 1.86. The summed E-state index contributed by atoms with van der Waals surface area (Å²) in [6.45, 7) is 2.27. The van der Waals surface area contributed by atoms with Crippen molar-refractivity contribution in [3.8, 4) is 0 Å². The van der Waals surface area contributed by atoms with Crippen LogP contribution in [0.4, 0.5) is 0 Å². The highest BCUT2D eigenvalue weighted by atomic mass is 16.3. The maximum Gasteiger partial charge on any atom is 0.244 e. The lowest BCUT2D eigenvalue weighted by Crippen LogP contribution is -2.35. The van der Waals surface area contributed by atoms with Crippen molar-refractivity contribution in [2.45, 2.75) is 19.5 Å². The molecule has 1 unspecified atom stereocenters. The maximum atomic E-state index is 12.2. The summed E-state index contributed by atoms with van der Waals surface area (Å²) in [5.41, 5.74) is 6.64. The summed E-state index contributed by atoms with van der Waals surface area (Å²) in [6, 6.07) is 3.03. The number of likely N-dealkylation sites (N-methyl/N-ethyl adjacent to an activating group) is 1. The largest absolute Gasteiger partial charge is 0.464 e. The molecule has 6 heteroatoms. The van der Waals surface area contributed by atoms with Gasteiger partial charge in [0.1, 0.15) is 17.6 Å². The third-order valence-corrected chi connectivity index (χ3v) is 2.92. The molecule has 2 aromatic rings. The number of amides is 1. The number of carbonyl (C=O) groups is 1. The van der Waals surface area contributed by atoms with E-state index in [-0.39, 0.29) is 5.91 Å². The fourth-order valence-corrected chi connectivity index (χ4v) is 1.86. The Hall–Kier alpha value is -2.08. The van der Waals surface area contributed by atoms with Crippen LogP contribution in [0, 0.1) is 6.92 Å². The molecule has 19 heavy (non-hydrogen) atoms. The predicted octanol–water partition coefficient (Wildman–Crippen LogP) is 0.980. The molecule has 0 aromatic carbocycles. The van der Waals surface area contributed by atoms with Crippen molar-refractivity contribution in [2.75, 3.05) is 7.05 Å². The molecular formula is C13H18N4O2. The van der Waals surface area contributed by atoms with Gasteiger partial charge in [-0.05, 0) is 19.1 Å². The molecule has 0 saturated carbocycles. The van der Waals surface area contributed by atoms with Gasteiger partial charge in [-0.1, -0.05) is 0 Å². The molecule has 6 nitrogen and oxygen atoms in total. The van der Waals surface area contributed by atoms with E-state index in [9.17, 15) is 4.79 Å². The lowest BCUT2D eigenvalue weighted by atomic mass is 10.1. The first-order valence-corrected chi connectivity index (χ1v) is 6.02. The predicted molar refractivity (Wildman–Crippen MR) is 70.1 cm³/mol. The minimum absolute atomic E-state index is 0.165. The van der Waals surface area contributed by atoms with E-state index in [1.54, 1.807) is 36.1 Å². The number of carbonyl (C=O) groups excluding carboxylic acids is 1. The zero-order chi connectivity index (χ0) is 14.0. The molecule has 0 fully saturated rings. The summed E-state index contributed by atoms with van der Waals surface area (Å²) in [5, 5.41) is 4.01. The highest BCUT2D eigenvalue weighted by Crippen LogP contribution is 2.14. The Morgan fingerprint density at radius 1 is 1.58 bits per heavy atom. The number of aryl methyl sites for hydroxylation is 2. The molecule has 2 rings (SSSR count). The molecule has 0 spiro atoms. The van der Waals surface area contributed by atoms with Gasteiger partial charge in [0, 0.05) is 25.9 Å². The molecule has 0 aliphatic heterocycles. The van der Waals surface area contributed by atoms with Gasteiger partial charge in [-0.2, -0.15) is 5.10 Å². The van der Waals surface area contributed by atoms with E-state index >= 15 is 0 Å². The van der Waals surface area contributed by atoms with E-state index in [1.165, 1.54) is 0 Å². The van der Waals surface area contributed by atoms with E-state index in [1.807, 2.05) is 19.1 Å². The summed E-state index contributed by atoms with van der Waals surface area (Å²) >= 11 is 0. The van der Waals surface area contributed by atoms with Gasteiger partial charge >= 0.3 is 0 Å². The van der Waals surface area contributed by atoms with Crippen LogP contribution in [0.3, 0.4) is 0 Å². The third-order valence-electron chi connectivity index (χ3n) is 2.92. The summed E-state index contributed by atoms with van der Waals surface area (Å²) < 4.78 is 7.07. The Morgan fingerprint density at radius 3 is 2.84 bits per heavy atom. The summed E-state index contributed by atoms with van der Waals surface area (Å²) in [7, 11) is 3.49. The molecular weight excluding hydrogens is 244 g/mol. The smallest absolute Gasteiger partial charge is 0.244 e. The zero-order valence-electron chi connectivity index (χ0n) is 11.3. The quantitative estimate of drug-likeness (QED) is 0.891. The molecule has 2 heterocycles. The van der Waals surface area contributed by atoms with E-state index in [4.69, 9.17) is 10.2 Å². The first kappa shape index (κ1) is 13.4. The molecule has 0 radical (unpaired) electrons. The standard InChI is InChI=1S/C13H18N4O2/c1-9-4-5-11(19-9)8-16(2)13(18)12(14)10-6-15-17(3)7-10/h4-7,12H,8,14H2,1-3H3. The number of aromatic nitrogens is 2. The Labute approximate surface area is 111 Å². The van der Waals surface area contributed by atoms with E-state index < -0.39 is 6.04 Å². The molecule has 102 valence electrons. The van der Waals surface area contributed by atoms with Crippen LogP contribution in [0.2, 0.25) is 0 Å². The molecule has 2 N–H and O–H groups in total. The van der Waals surface area contributed by atoms with Crippen molar-refractivity contribution in [3.05, 3.63) is 41.6 Å². The number of nitrogens with zero attached hydrogens (tertiary/aromatic N) is 3. The van der Waals surface area contributed by atoms with Gasteiger partial charge in [0.05, 0.1) is 12.7 Å². The van der Waals surface area contributed by atoms with Crippen LogP contribution in [-0.2, 0) is 18.4 Å². The highest BCUT2D eigenvalue weighted by Gasteiger charge is 2.21. The number of rotatable bonds is 4. The van der Waals surface area contributed by atoms with Crippen LogP contribution in [0.15, 0.2) is 28.9 Å². The van der Waals surface area contributed by atoms with Crippen molar-refractivity contribution >= 4 is 5.91 Å². The first-order chi connectivity index (χ1) is 8.97. The number of furan rings is 1. The SMILES string of the molecule is Cc1ccc(CN(C)C(=O)C(N)c2cnn(C)c2)o1. The number of hydrogen-bond acceptors (Lipinski definition) is 4. The summed E-state index contributed by atoms with van der Waals surface area (Å²) in [5.74, 6) is 1.40. The van der Waals surface area contributed by atoms with Crippen LogP contribution >= 0.6 is 0 Å². The van der Waals surface area contributed by atoms with Crippen LogP contribution in [0.25, 0.3) is 0 Å². The van der Waals surface area contributed by atoms with E-state index in [0.717, 1.165) is 11.5 Å². The second-order valence-electron chi connectivity index (χ2n) is 4.63. The molecule has 2 aromatic heterocycles. The molecule has 1 amide bonds. The van der Waals surface area contributed by atoms with Crippen molar-refractivity contribution in [3.63, 3.8) is 0 Å². The minimum Gasteiger partial charge on any atom is -0.464 e. The summed E-state index contributed by atoms with van der Waals surface area (Å²) in [4.78, 5) is 13.7. The van der Waals surface area contributed by atoms with Gasteiger partial charge in [-0.25, -0.2) is 0 Å². The van der Waals surface area contributed by atoms with Crippen LogP contribution < -0.4 is 5.73 Å². The summed E-state index contributed by atoms with van der Waals surface area (Å²) in [6.07, 6.45) is 3.35. The van der Waals surface area contributed by atoms with Crippen LogP contribution in [-0.4, -0.2) is 27.6 Å². The Morgan fingerprint density at radius 2 is 2.32 bits per heavy atom. The maximum absolute atomic E-state index is 12.2. The second-order valence-corrected chi connectivity index (χ2v) is 4.63. The Bertz CT molecular complexity index is 573. The molecule has 0 bridgehead atoms. The van der Waals surface area contributed by atoms with Crippen molar-refractivity contribution in [2.24, 2.45) is 12.8 Å². The molecule has 0 aliphatic carbocycles. The molecule has 0 aliphatic rings. The number of hydrogen-bond donors (Lipinski definition) is 1. The second kappa shape index (κ2) is 5.27. The fraction of sp³-hybridized carbons (Fsp3) is 0.385. The lowest BCUT2D eigenvalue weighted by molar-refractivity contribution is -0.132. The van der Waals surface area contributed by atoms with Crippen molar-refractivity contribution < 1.29 is 9.21 Å². The highest BCUT2D eigenvalue weighted by molar-refractivity contribution is 5.82.